The van der Waals surface area contributed by atoms with Crippen LogP contribution in [-0.2, 0) is 17.6 Å². The van der Waals surface area contributed by atoms with Crippen molar-refractivity contribution >= 4 is 33.3 Å². The van der Waals surface area contributed by atoms with Crippen LogP contribution in [0.15, 0.2) is 0 Å². The molecule has 31 heavy (non-hydrogen) atoms. The third-order valence-electron chi connectivity index (χ3n) is 7.87. The Morgan fingerprint density at radius 1 is 0.903 bits per heavy atom. The van der Waals surface area contributed by atoms with Gasteiger partial charge in [-0.05, 0) is 69.8 Å². The number of anilines is 1. The van der Waals surface area contributed by atoms with Gasteiger partial charge in [0, 0.05) is 35.8 Å². The monoisotopic (exact) mass is 438 g/mol. The highest BCUT2D eigenvalue weighted by atomic mass is 32.1. The molecule has 1 N–H and O–H groups in total. The van der Waals surface area contributed by atoms with Gasteiger partial charge in [0.05, 0.1) is 5.39 Å². The Kier molecular flexibility index (Phi) is 5.37. The zero-order chi connectivity index (χ0) is 20.8. The lowest BCUT2D eigenvalue weighted by Gasteiger charge is -2.34. The Labute approximate surface area is 189 Å². The predicted molar refractivity (Wildman–Crippen MR) is 126 cm³/mol. The molecule has 2 saturated carbocycles. The van der Waals surface area contributed by atoms with Crippen molar-refractivity contribution in [3.05, 3.63) is 16.3 Å². The van der Waals surface area contributed by atoms with Crippen LogP contribution in [0, 0.1) is 5.92 Å². The standard InChI is InChI=1S/C25H34N4OS/c30-24(17-6-2-1-3-7-17)26-18-12-14-29(15-13-18)23-21-19-8-4-5-9-20(19)31-25(21)28-22(27-23)16-10-11-16/h16-18H,1-15H2,(H,26,30). The normalized spacial score (nSPS) is 23.2. The minimum absolute atomic E-state index is 0.256. The molecule has 3 fully saturated rings. The van der Waals surface area contributed by atoms with Gasteiger partial charge in [0.1, 0.15) is 16.5 Å². The maximum Gasteiger partial charge on any atom is 0.223 e. The molecule has 1 amide bonds. The van der Waals surface area contributed by atoms with Crippen molar-refractivity contribution in [3.8, 4) is 0 Å². The number of amides is 1. The number of piperidine rings is 1. The topological polar surface area (TPSA) is 58.1 Å². The van der Waals surface area contributed by atoms with E-state index in [1.54, 1.807) is 4.88 Å². The van der Waals surface area contributed by atoms with E-state index in [9.17, 15) is 4.79 Å². The highest BCUT2D eigenvalue weighted by Gasteiger charge is 2.32. The fourth-order valence-corrected chi connectivity index (χ4v) is 7.09. The summed E-state index contributed by atoms with van der Waals surface area (Å²) in [6.45, 7) is 1.97. The molecule has 1 aliphatic heterocycles. The summed E-state index contributed by atoms with van der Waals surface area (Å²) in [6.07, 6.45) is 15.4. The minimum atomic E-state index is 0.256. The van der Waals surface area contributed by atoms with Gasteiger partial charge in [0.2, 0.25) is 5.91 Å². The fraction of sp³-hybridized carbons (Fsp3) is 0.720. The van der Waals surface area contributed by atoms with Gasteiger partial charge in [-0.2, -0.15) is 0 Å². The predicted octanol–water partition coefficient (Wildman–Crippen LogP) is 5.11. The molecule has 0 aromatic carbocycles. The van der Waals surface area contributed by atoms with Gasteiger partial charge in [0.15, 0.2) is 0 Å². The Balaban J connectivity index is 1.21. The van der Waals surface area contributed by atoms with Crippen LogP contribution in [0.1, 0.15) is 92.8 Å². The maximum atomic E-state index is 12.7. The Morgan fingerprint density at radius 2 is 1.68 bits per heavy atom. The van der Waals surface area contributed by atoms with Gasteiger partial charge < -0.3 is 10.2 Å². The van der Waals surface area contributed by atoms with E-state index in [2.05, 4.69) is 10.2 Å². The highest BCUT2D eigenvalue weighted by Crippen LogP contribution is 2.44. The zero-order valence-corrected chi connectivity index (χ0v) is 19.3. The molecule has 3 heterocycles. The lowest BCUT2D eigenvalue weighted by Crippen LogP contribution is -2.47. The molecule has 3 aliphatic carbocycles. The van der Waals surface area contributed by atoms with Crippen LogP contribution >= 0.6 is 11.3 Å². The second-order valence-electron chi connectivity index (χ2n) is 10.2. The van der Waals surface area contributed by atoms with E-state index < -0.39 is 0 Å². The van der Waals surface area contributed by atoms with E-state index in [0.29, 0.717) is 17.9 Å². The van der Waals surface area contributed by atoms with Crippen molar-refractivity contribution in [2.24, 2.45) is 5.92 Å². The molecule has 166 valence electrons. The summed E-state index contributed by atoms with van der Waals surface area (Å²) in [5.41, 5.74) is 1.54. The van der Waals surface area contributed by atoms with Crippen molar-refractivity contribution in [1.29, 1.82) is 0 Å². The number of hydrogen-bond donors (Lipinski definition) is 1. The third-order valence-corrected chi connectivity index (χ3v) is 9.06. The number of carbonyl (C=O) groups is 1. The number of carbonyl (C=O) groups excluding carboxylic acids is 1. The van der Waals surface area contributed by atoms with Gasteiger partial charge in [-0.3, -0.25) is 4.79 Å². The number of rotatable bonds is 4. The first kappa shape index (κ1) is 20.0. The Morgan fingerprint density at radius 3 is 2.45 bits per heavy atom. The average molecular weight is 439 g/mol. The summed E-state index contributed by atoms with van der Waals surface area (Å²) in [6, 6.07) is 0.322. The second-order valence-corrected chi connectivity index (χ2v) is 11.3. The number of thiophene rings is 1. The molecule has 0 unspecified atom stereocenters. The van der Waals surface area contributed by atoms with Crippen molar-refractivity contribution in [2.45, 2.75) is 95.4 Å². The van der Waals surface area contributed by atoms with Crippen LogP contribution < -0.4 is 10.2 Å². The van der Waals surface area contributed by atoms with E-state index in [0.717, 1.165) is 44.6 Å². The first-order valence-corrected chi connectivity index (χ1v) is 13.5. The molecule has 2 aromatic heterocycles. The second kappa shape index (κ2) is 8.34. The van der Waals surface area contributed by atoms with Gasteiger partial charge in [0.25, 0.3) is 0 Å². The summed E-state index contributed by atoms with van der Waals surface area (Å²) in [7, 11) is 0. The molecule has 6 heteroatoms. The fourth-order valence-electron chi connectivity index (χ4n) is 5.83. The molecule has 5 nitrogen and oxygen atoms in total. The lowest BCUT2D eigenvalue weighted by atomic mass is 9.88. The smallest absolute Gasteiger partial charge is 0.223 e. The van der Waals surface area contributed by atoms with Gasteiger partial charge in [-0.15, -0.1) is 11.3 Å². The van der Waals surface area contributed by atoms with Gasteiger partial charge in [-0.25, -0.2) is 9.97 Å². The largest absolute Gasteiger partial charge is 0.356 e. The van der Waals surface area contributed by atoms with Crippen molar-refractivity contribution < 1.29 is 4.79 Å². The highest BCUT2D eigenvalue weighted by molar-refractivity contribution is 7.19. The summed E-state index contributed by atoms with van der Waals surface area (Å²) in [4.78, 5) is 28.2. The van der Waals surface area contributed by atoms with E-state index >= 15 is 0 Å². The van der Waals surface area contributed by atoms with Crippen LogP contribution in [0.4, 0.5) is 5.82 Å². The SMILES string of the molecule is O=C(NC1CCN(c2nc(C3CC3)nc3sc4c(c23)CCCC4)CC1)C1CCCCC1. The molecular weight excluding hydrogens is 404 g/mol. The number of fused-ring (bicyclic) bond motifs is 3. The molecule has 2 aromatic rings. The molecule has 0 atom stereocenters. The average Bonchev–Trinajstić information content (AvgIpc) is 3.60. The van der Waals surface area contributed by atoms with Gasteiger partial charge >= 0.3 is 0 Å². The molecule has 4 aliphatic rings. The van der Waals surface area contributed by atoms with Crippen LogP contribution in [0.3, 0.4) is 0 Å². The van der Waals surface area contributed by atoms with E-state index in [1.807, 2.05) is 11.3 Å². The summed E-state index contributed by atoms with van der Waals surface area (Å²) in [5, 5.41) is 4.74. The maximum absolute atomic E-state index is 12.7. The molecule has 0 radical (unpaired) electrons. The number of aryl methyl sites for hydroxylation is 2. The first-order valence-electron chi connectivity index (χ1n) is 12.6. The molecule has 6 rings (SSSR count). The van der Waals surface area contributed by atoms with Gasteiger partial charge in [-0.1, -0.05) is 19.3 Å². The van der Waals surface area contributed by atoms with Crippen LogP contribution in [0.2, 0.25) is 0 Å². The quantitative estimate of drug-likeness (QED) is 0.720. The van der Waals surface area contributed by atoms with E-state index in [1.165, 1.54) is 79.4 Å². The van der Waals surface area contributed by atoms with Crippen LogP contribution in [0.25, 0.3) is 10.2 Å². The van der Waals surface area contributed by atoms with E-state index in [-0.39, 0.29) is 5.92 Å². The molecular formula is C25H34N4OS. The molecule has 0 spiro atoms. The van der Waals surface area contributed by atoms with E-state index in [4.69, 9.17) is 9.97 Å². The first-order chi connectivity index (χ1) is 15.3. The molecule has 1 saturated heterocycles. The number of nitrogens with zero attached hydrogens (tertiary/aromatic N) is 3. The van der Waals surface area contributed by atoms with Crippen molar-refractivity contribution in [1.82, 2.24) is 15.3 Å². The Hall–Kier alpha value is -1.69. The summed E-state index contributed by atoms with van der Waals surface area (Å²) >= 11 is 1.93. The Bertz CT molecular complexity index is 968. The van der Waals surface area contributed by atoms with Crippen LogP contribution in [-0.4, -0.2) is 35.0 Å². The zero-order valence-electron chi connectivity index (χ0n) is 18.5. The number of aromatic nitrogens is 2. The summed E-state index contributed by atoms with van der Waals surface area (Å²) in [5.74, 6) is 3.42. The number of hydrogen-bond acceptors (Lipinski definition) is 5. The summed E-state index contributed by atoms with van der Waals surface area (Å²) < 4.78 is 0. The lowest BCUT2D eigenvalue weighted by molar-refractivity contribution is -0.126. The molecule has 0 bridgehead atoms. The van der Waals surface area contributed by atoms with Crippen molar-refractivity contribution in [2.75, 3.05) is 18.0 Å². The van der Waals surface area contributed by atoms with Crippen molar-refractivity contribution in [3.63, 3.8) is 0 Å². The minimum Gasteiger partial charge on any atom is -0.356 e. The number of nitrogens with one attached hydrogen (secondary N) is 1. The third kappa shape index (κ3) is 3.96. The van der Waals surface area contributed by atoms with Crippen LogP contribution in [0.5, 0.6) is 0 Å².